The van der Waals surface area contributed by atoms with Gasteiger partial charge in [-0.25, -0.2) is 13.2 Å². The molecule has 0 aromatic heterocycles. The van der Waals surface area contributed by atoms with Crippen molar-refractivity contribution in [3.05, 3.63) is 105 Å². The van der Waals surface area contributed by atoms with E-state index in [9.17, 15) is 18.3 Å². The van der Waals surface area contributed by atoms with Crippen LogP contribution in [0, 0.1) is 24.4 Å². The predicted octanol–water partition coefficient (Wildman–Crippen LogP) is 6.21. The molecule has 3 aromatic carbocycles. The summed E-state index contributed by atoms with van der Waals surface area (Å²) in [5.74, 6) is -4.19. The van der Waals surface area contributed by atoms with E-state index in [0.717, 1.165) is 11.1 Å². The molecule has 0 saturated heterocycles. The van der Waals surface area contributed by atoms with Gasteiger partial charge in [-0.2, -0.15) is 0 Å². The Morgan fingerprint density at radius 2 is 1.39 bits per heavy atom. The monoisotopic (exact) mass is 447 g/mol. The first-order valence-electron chi connectivity index (χ1n) is 10.1. The average molecular weight is 448 g/mol. The van der Waals surface area contributed by atoms with Crippen molar-refractivity contribution in [2.24, 2.45) is 0 Å². The third-order valence-corrected chi connectivity index (χ3v) is 6.26. The van der Waals surface area contributed by atoms with Gasteiger partial charge in [-0.1, -0.05) is 72.3 Å². The Balaban J connectivity index is 2.19. The van der Waals surface area contributed by atoms with Crippen molar-refractivity contribution in [2.45, 2.75) is 32.4 Å². The number of aliphatic hydroxyl groups is 1. The molecule has 0 amide bonds. The van der Waals surface area contributed by atoms with Gasteiger partial charge in [-0.15, -0.1) is 0 Å². The molecule has 0 heterocycles. The molecular weight excluding hydrogens is 423 g/mol. The highest BCUT2D eigenvalue weighted by Crippen LogP contribution is 2.39. The zero-order valence-corrected chi connectivity index (χ0v) is 18.3. The summed E-state index contributed by atoms with van der Waals surface area (Å²) in [6, 6.07) is 19.5. The van der Waals surface area contributed by atoms with Crippen LogP contribution in [0.5, 0.6) is 0 Å². The Morgan fingerprint density at radius 3 is 1.87 bits per heavy atom. The van der Waals surface area contributed by atoms with E-state index in [-0.39, 0.29) is 24.3 Å². The summed E-state index contributed by atoms with van der Waals surface area (Å²) in [7, 11) is 0. The molecule has 0 bridgehead atoms. The molecule has 1 N–H and O–H groups in total. The van der Waals surface area contributed by atoms with E-state index < -0.39 is 28.0 Å². The van der Waals surface area contributed by atoms with Gasteiger partial charge < -0.3 is 5.11 Å². The summed E-state index contributed by atoms with van der Waals surface area (Å²) in [4.78, 5) is 2.01. The van der Waals surface area contributed by atoms with Crippen LogP contribution >= 0.6 is 11.6 Å². The summed E-state index contributed by atoms with van der Waals surface area (Å²) in [6.07, 6.45) is 0.443. The molecule has 2 nitrogen and oxygen atoms in total. The molecule has 0 radical (unpaired) electrons. The molecule has 3 aromatic rings. The smallest absolute Gasteiger partial charge is 0.196 e. The van der Waals surface area contributed by atoms with Gasteiger partial charge in [0.1, 0.15) is 0 Å². The van der Waals surface area contributed by atoms with Crippen molar-refractivity contribution in [1.82, 2.24) is 4.90 Å². The largest absolute Gasteiger partial charge is 0.396 e. The van der Waals surface area contributed by atoms with E-state index in [1.54, 1.807) is 0 Å². The summed E-state index contributed by atoms with van der Waals surface area (Å²) in [5, 5.41) is 9.08. The Bertz CT molecular complexity index is 959. The molecule has 164 valence electrons. The molecule has 0 aliphatic heterocycles. The lowest BCUT2D eigenvalue weighted by molar-refractivity contribution is 0.116. The third-order valence-electron chi connectivity index (χ3n) is 5.86. The second-order valence-corrected chi connectivity index (χ2v) is 8.04. The number of halogens is 4. The lowest BCUT2D eigenvalue weighted by atomic mass is 9.82. The number of nitrogens with zero attached hydrogens (tertiary/aromatic N) is 1. The number of benzene rings is 3. The lowest BCUT2D eigenvalue weighted by Gasteiger charge is -2.43. The van der Waals surface area contributed by atoms with Crippen molar-refractivity contribution in [1.29, 1.82) is 0 Å². The van der Waals surface area contributed by atoms with E-state index in [0.29, 0.717) is 13.0 Å². The van der Waals surface area contributed by atoms with Crippen LogP contribution in [-0.2, 0) is 12.1 Å². The Morgan fingerprint density at radius 1 is 0.871 bits per heavy atom. The van der Waals surface area contributed by atoms with Crippen molar-refractivity contribution >= 4 is 11.6 Å². The molecule has 0 atom stereocenters. The highest BCUT2D eigenvalue weighted by molar-refractivity contribution is 6.31. The maximum absolute atomic E-state index is 14.3. The highest BCUT2D eigenvalue weighted by Gasteiger charge is 2.36. The molecule has 0 aliphatic carbocycles. The summed E-state index contributed by atoms with van der Waals surface area (Å²) in [6.45, 7) is 3.86. The first-order valence-corrected chi connectivity index (χ1v) is 10.5. The lowest BCUT2D eigenvalue weighted by Crippen LogP contribution is -2.45. The van der Waals surface area contributed by atoms with Crippen LogP contribution in [0.3, 0.4) is 0 Å². The Hall–Kier alpha value is -2.34. The first-order chi connectivity index (χ1) is 14.8. The SMILES string of the molecule is Cc1c(F)c(F)c(F)c(Cl)c1CN(CCCO)C(C)(c1ccccc1)c1ccccc1. The fourth-order valence-electron chi connectivity index (χ4n) is 3.95. The van der Waals surface area contributed by atoms with Gasteiger partial charge >= 0.3 is 0 Å². The van der Waals surface area contributed by atoms with Crippen LogP contribution in [0.25, 0.3) is 0 Å². The maximum atomic E-state index is 14.3. The molecule has 0 saturated carbocycles. The zero-order chi connectivity index (χ0) is 22.6. The fraction of sp³-hybridized carbons (Fsp3) is 0.280. The molecule has 6 heteroatoms. The van der Waals surface area contributed by atoms with Gasteiger partial charge in [-0.05, 0) is 42.5 Å². The molecule has 0 fully saturated rings. The fourth-order valence-corrected chi connectivity index (χ4v) is 4.23. The average Bonchev–Trinajstić information content (AvgIpc) is 2.81. The van der Waals surface area contributed by atoms with Crippen LogP contribution in [0.2, 0.25) is 5.02 Å². The quantitative estimate of drug-likeness (QED) is 0.327. The standard InChI is InChI=1S/C25H25ClF3NO/c1-17-20(21(26)23(28)24(29)22(17)27)16-30(14-9-15-31)25(2,18-10-5-3-6-11-18)19-12-7-4-8-13-19/h3-8,10-13,31H,9,14-16H2,1-2H3. The number of aliphatic hydroxyl groups excluding tert-OH is 1. The summed E-state index contributed by atoms with van der Waals surface area (Å²) in [5.41, 5.74) is 1.40. The summed E-state index contributed by atoms with van der Waals surface area (Å²) >= 11 is 6.14. The van der Waals surface area contributed by atoms with Gasteiger partial charge in [-0.3, -0.25) is 4.90 Å². The minimum Gasteiger partial charge on any atom is -0.396 e. The van der Waals surface area contributed by atoms with Crippen molar-refractivity contribution in [3.63, 3.8) is 0 Å². The molecule has 0 aliphatic rings. The molecule has 31 heavy (non-hydrogen) atoms. The van der Waals surface area contributed by atoms with Gasteiger partial charge in [0, 0.05) is 19.7 Å². The van der Waals surface area contributed by atoms with Crippen LogP contribution < -0.4 is 0 Å². The molecule has 0 unspecified atom stereocenters. The maximum Gasteiger partial charge on any atom is 0.196 e. The van der Waals surface area contributed by atoms with Crippen molar-refractivity contribution < 1.29 is 18.3 Å². The van der Waals surface area contributed by atoms with Crippen molar-refractivity contribution in [3.8, 4) is 0 Å². The number of hydrogen-bond acceptors (Lipinski definition) is 2. The van der Waals surface area contributed by atoms with E-state index in [1.165, 1.54) is 6.92 Å². The van der Waals surface area contributed by atoms with E-state index in [2.05, 4.69) is 0 Å². The van der Waals surface area contributed by atoms with Gasteiger partial charge in [0.05, 0.1) is 10.6 Å². The normalized spacial score (nSPS) is 11.9. The Labute approximate surface area is 185 Å². The first kappa shape index (κ1) is 23.3. The van der Waals surface area contributed by atoms with Crippen LogP contribution in [0.1, 0.15) is 35.6 Å². The van der Waals surface area contributed by atoms with Crippen LogP contribution in [0.4, 0.5) is 13.2 Å². The second-order valence-electron chi connectivity index (χ2n) is 7.66. The minimum absolute atomic E-state index is 0.0265. The van der Waals surface area contributed by atoms with Gasteiger partial charge in [0.25, 0.3) is 0 Å². The minimum atomic E-state index is -1.57. The van der Waals surface area contributed by atoms with Gasteiger partial charge in [0.2, 0.25) is 0 Å². The highest BCUT2D eigenvalue weighted by atomic mass is 35.5. The third kappa shape index (κ3) is 4.49. The summed E-state index contributed by atoms with van der Waals surface area (Å²) < 4.78 is 42.5. The molecule has 3 rings (SSSR count). The topological polar surface area (TPSA) is 23.5 Å². The van der Waals surface area contributed by atoms with Gasteiger partial charge in [0.15, 0.2) is 17.5 Å². The zero-order valence-electron chi connectivity index (χ0n) is 17.5. The predicted molar refractivity (Wildman–Crippen MR) is 118 cm³/mol. The van der Waals surface area contributed by atoms with Crippen LogP contribution in [0.15, 0.2) is 60.7 Å². The second kappa shape index (κ2) is 9.86. The van der Waals surface area contributed by atoms with Crippen LogP contribution in [-0.4, -0.2) is 23.2 Å². The number of hydrogen-bond donors (Lipinski definition) is 1. The molecule has 0 spiro atoms. The van der Waals surface area contributed by atoms with E-state index in [1.807, 2.05) is 72.5 Å². The Kier molecular flexibility index (Phi) is 7.42. The number of rotatable bonds is 8. The van der Waals surface area contributed by atoms with E-state index in [4.69, 9.17) is 11.6 Å². The molecular formula is C25H25ClF3NO. The van der Waals surface area contributed by atoms with E-state index >= 15 is 0 Å². The van der Waals surface area contributed by atoms with Crippen molar-refractivity contribution in [2.75, 3.05) is 13.2 Å².